The van der Waals surface area contributed by atoms with E-state index in [4.69, 9.17) is 0 Å². The zero-order valence-electron chi connectivity index (χ0n) is 11.0. The first-order valence-electron chi connectivity index (χ1n) is 7.08. The minimum Gasteiger partial charge on any atom is -0.207 e. The summed E-state index contributed by atoms with van der Waals surface area (Å²) < 4.78 is 13.7. The molecule has 0 nitrogen and oxygen atoms in total. The Kier molecular flexibility index (Phi) is 5.23. The Morgan fingerprint density at radius 2 is 2.06 bits per heavy atom. The van der Waals surface area contributed by atoms with Gasteiger partial charge in [0.1, 0.15) is 5.82 Å². The zero-order valence-corrected chi connectivity index (χ0v) is 12.6. The molecule has 1 aromatic rings. The van der Waals surface area contributed by atoms with E-state index in [9.17, 15) is 4.39 Å². The summed E-state index contributed by atoms with van der Waals surface area (Å²) in [6, 6.07) is 7.21. The monoisotopic (exact) mass is 312 g/mol. The van der Waals surface area contributed by atoms with Gasteiger partial charge in [-0.15, -0.1) is 0 Å². The van der Waals surface area contributed by atoms with Crippen molar-refractivity contribution in [1.29, 1.82) is 0 Å². The molecule has 0 saturated heterocycles. The second-order valence-corrected chi connectivity index (χ2v) is 6.72. The van der Waals surface area contributed by atoms with Gasteiger partial charge in [-0.1, -0.05) is 53.9 Å². The Hall–Kier alpha value is -0.370. The van der Waals surface area contributed by atoms with Crippen LogP contribution in [0.1, 0.15) is 44.6 Å². The van der Waals surface area contributed by atoms with Gasteiger partial charge in [-0.3, -0.25) is 0 Å². The maximum absolute atomic E-state index is 13.7. The molecule has 1 saturated carbocycles. The third-order valence-corrected chi connectivity index (χ3v) is 5.34. The van der Waals surface area contributed by atoms with E-state index in [1.807, 2.05) is 12.1 Å². The second-order valence-electron chi connectivity index (χ2n) is 5.54. The van der Waals surface area contributed by atoms with Crippen LogP contribution in [0.15, 0.2) is 24.3 Å². The van der Waals surface area contributed by atoms with E-state index in [-0.39, 0.29) is 5.82 Å². The molecule has 0 amide bonds. The summed E-state index contributed by atoms with van der Waals surface area (Å²) in [6.07, 6.45) is 7.29. The summed E-state index contributed by atoms with van der Waals surface area (Å²) in [6.45, 7) is 2.26. The smallest absolute Gasteiger partial charge is 0.126 e. The minimum atomic E-state index is -0.0465. The first-order valence-corrected chi connectivity index (χ1v) is 7.99. The maximum atomic E-state index is 13.7. The van der Waals surface area contributed by atoms with Crippen molar-refractivity contribution in [2.45, 2.75) is 50.3 Å². The molecule has 100 valence electrons. The van der Waals surface area contributed by atoms with Crippen molar-refractivity contribution in [3.05, 3.63) is 35.6 Å². The third-order valence-electron chi connectivity index (χ3n) is 4.14. The van der Waals surface area contributed by atoms with Crippen LogP contribution in [0.4, 0.5) is 4.39 Å². The van der Waals surface area contributed by atoms with Crippen molar-refractivity contribution in [1.82, 2.24) is 0 Å². The molecule has 0 aliphatic heterocycles. The average Bonchev–Trinajstić information content (AvgIpc) is 2.36. The van der Waals surface area contributed by atoms with E-state index in [2.05, 4.69) is 22.9 Å². The molecule has 0 heterocycles. The Bertz CT molecular complexity index is 377. The number of alkyl halides is 1. The van der Waals surface area contributed by atoms with Crippen LogP contribution in [0.3, 0.4) is 0 Å². The largest absolute Gasteiger partial charge is 0.207 e. The highest BCUT2D eigenvalue weighted by Crippen LogP contribution is 2.37. The Balaban J connectivity index is 2.00. The molecule has 18 heavy (non-hydrogen) atoms. The molecular formula is C16H22BrF. The van der Waals surface area contributed by atoms with E-state index in [0.717, 1.165) is 17.9 Å². The van der Waals surface area contributed by atoms with Gasteiger partial charge in [0, 0.05) is 4.83 Å². The fraction of sp³-hybridized carbons (Fsp3) is 0.625. The van der Waals surface area contributed by atoms with Crippen LogP contribution in [0.5, 0.6) is 0 Å². The van der Waals surface area contributed by atoms with Crippen LogP contribution >= 0.6 is 15.9 Å². The van der Waals surface area contributed by atoms with Crippen LogP contribution in [-0.4, -0.2) is 4.83 Å². The van der Waals surface area contributed by atoms with Gasteiger partial charge in [0.05, 0.1) is 0 Å². The van der Waals surface area contributed by atoms with Crippen molar-refractivity contribution in [3.8, 4) is 0 Å². The predicted molar refractivity (Wildman–Crippen MR) is 78.6 cm³/mol. The van der Waals surface area contributed by atoms with Crippen LogP contribution < -0.4 is 0 Å². The molecular weight excluding hydrogens is 291 g/mol. The van der Waals surface area contributed by atoms with Gasteiger partial charge < -0.3 is 0 Å². The molecule has 3 atom stereocenters. The van der Waals surface area contributed by atoms with Gasteiger partial charge in [-0.2, -0.15) is 0 Å². The van der Waals surface area contributed by atoms with Crippen molar-refractivity contribution < 1.29 is 4.39 Å². The van der Waals surface area contributed by atoms with Crippen molar-refractivity contribution >= 4 is 15.9 Å². The summed E-state index contributed by atoms with van der Waals surface area (Å²) in [4.78, 5) is 0.560. The molecule has 1 aromatic carbocycles. The number of halogens is 2. The van der Waals surface area contributed by atoms with E-state index >= 15 is 0 Å². The highest BCUT2D eigenvalue weighted by molar-refractivity contribution is 9.09. The molecule has 0 N–H and O–H groups in total. The third kappa shape index (κ3) is 3.57. The van der Waals surface area contributed by atoms with Crippen LogP contribution in [-0.2, 0) is 6.42 Å². The zero-order chi connectivity index (χ0) is 13.0. The summed E-state index contributed by atoms with van der Waals surface area (Å²) in [7, 11) is 0. The normalized spacial score (nSPS) is 28.3. The number of hydrogen-bond donors (Lipinski definition) is 0. The fourth-order valence-electron chi connectivity index (χ4n) is 3.15. The summed E-state index contributed by atoms with van der Waals surface area (Å²) in [5.41, 5.74) is 0.879. The Labute approximate surface area is 118 Å². The van der Waals surface area contributed by atoms with Crippen LogP contribution in [0.25, 0.3) is 0 Å². The summed E-state index contributed by atoms with van der Waals surface area (Å²) >= 11 is 3.79. The van der Waals surface area contributed by atoms with E-state index < -0.39 is 0 Å². The van der Waals surface area contributed by atoms with Gasteiger partial charge in [0.2, 0.25) is 0 Å². The molecule has 1 aliphatic rings. The number of rotatable bonds is 4. The van der Waals surface area contributed by atoms with E-state index in [1.165, 1.54) is 32.1 Å². The van der Waals surface area contributed by atoms with Crippen molar-refractivity contribution in [2.75, 3.05) is 0 Å². The summed E-state index contributed by atoms with van der Waals surface area (Å²) in [5.74, 6) is 1.39. The van der Waals surface area contributed by atoms with Gasteiger partial charge >= 0.3 is 0 Å². The first-order chi connectivity index (χ1) is 8.70. The Morgan fingerprint density at radius 1 is 1.28 bits per heavy atom. The molecule has 3 unspecified atom stereocenters. The lowest BCUT2D eigenvalue weighted by molar-refractivity contribution is 0.262. The molecule has 1 fully saturated rings. The first kappa shape index (κ1) is 14.0. The fourth-order valence-corrected chi connectivity index (χ4v) is 3.82. The standard InChI is InChI=1S/C16H22BrF/c1-2-5-12-8-9-15(17)14(10-12)11-13-6-3-4-7-16(13)18/h3-4,6-7,12,14-15H,2,5,8-11H2,1H3. The molecule has 0 aromatic heterocycles. The topological polar surface area (TPSA) is 0 Å². The molecule has 2 heteroatoms. The lowest BCUT2D eigenvalue weighted by Gasteiger charge is -2.33. The highest BCUT2D eigenvalue weighted by Gasteiger charge is 2.28. The molecule has 0 radical (unpaired) electrons. The number of benzene rings is 1. The minimum absolute atomic E-state index is 0.0465. The highest BCUT2D eigenvalue weighted by atomic mass is 79.9. The van der Waals surface area contributed by atoms with Gasteiger partial charge in [0.25, 0.3) is 0 Å². The van der Waals surface area contributed by atoms with Crippen LogP contribution in [0.2, 0.25) is 0 Å². The Morgan fingerprint density at radius 3 is 2.78 bits per heavy atom. The molecule has 0 spiro atoms. The number of hydrogen-bond acceptors (Lipinski definition) is 0. The van der Waals surface area contributed by atoms with Gasteiger partial charge in [-0.25, -0.2) is 4.39 Å². The molecule has 2 rings (SSSR count). The molecule has 0 bridgehead atoms. The predicted octanol–water partition coefficient (Wildman–Crippen LogP) is 5.35. The molecule has 1 aliphatic carbocycles. The second kappa shape index (κ2) is 6.70. The van der Waals surface area contributed by atoms with E-state index in [1.54, 1.807) is 12.1 Å². The van der Waals surface area contributed by atoms with E-state index in [0.29, 0.717) is 10.7 Å². The quantitative estimate of drug-likeness (QED) is 0.658. The van der Waals surface area contributed by atoms with Crippen molar-refractivity contribution in [2.24, 2.45) is 11.8 Å². The van der Waals surface area contributed by atoms with Crippen LogP contribution in [0, 0.1) is 17.7 Å². The van der Waals surface area contributed by atoms with Gasteiger partial charge in [-0.05, 0) is 49.1 Å². The summed E-state index contributed by atoms with van der Waals surface area (Å²) in [5, 5.41) is 0. The SMILES string of the molecule is CCCC1CCC(Br)C(Cc2ccccc2F)C1. The maximum Gasteiger partial charge on any atom is 0.126 e. The van der Waals surface area contributed by atoms with Crippen molar-refractivity contribution in [3.63, 3.8) is 0 Å². The lowest BCUT2D eigenvalue weighted by Crippen LogP contribution is -2.27. The lowest BCUT2D eigenvalue weighted by atomic mass is 9.77. The average molecular weight is 313 g/mol. The van der Waals surface area contributed by atoms with Gasteiger partial charge in [0.15, 0.2) is 0 Å².